The molecule has 5 heteroatoms. The summed E-state index contributed by atoms with van der Waals surface area (Å²) in [5.41, 5.74) is -0.594. The highest BCUT2D eigenvalue weighted by atomic mass is 16.4. The molecule has 0 saturated heterocycles. The Morgan fingerprint density at radius 3 is 3.15 bits per heavy atom. The second-order valence-electron chi connectivity index (χ2n) is 3.28. The Labute approximate surface area is 74.4 Å². The van der Waals surface area contributed by atoms with Crippen LogP contribution >= 0.6 is 0 Å². The molecule has 0 aliphatic heterocycles. The molecule has 0 fully saturated rings. The van der Waals surface area contributed by atoms with Gasteiger partial charge in [-0.2, -0.15) is 5.10 Å². The van der Waals surface area contributed by atoms with Crippen LogP contribution in [0.3, 0.4) is 0 Å². The highest BCUT2D eigenvalue weighted by molar-refractivity contribution is 5.79. The average Bonchev–Trinajstić information content (AvgIpc) is 2.53. The topological polar surface area (TPSA) is 86.2 Å². The minimum atomic E-state index is -1.74. The van der Waals surface area contributed by atoms with E-state index in [9.17, 15) is 9.90 Å². The van der Waals surface area contributed by atoms with Gasteiger partial charge in [-0.05, 0) is 19.3 Å². The van der Waals surface area contributed by atoms with Gasteiger partial charge in [0.05, 0.1) is 6.20 Å². The van der Waals surface area contributed by atoms with Crippen molar-refractivity contribution in [3.8, 4) is 0 Å². The van der Waals surface area contributed by atoms with Gasteiger partial charge in [-0.25, -0.2) is 4.79 Å². The number of fused-ring (bicyclic) bond motifs is 1. The van der Waals surface area contributed by atoms with Crippen molar-refractivity contribution in [2.24, 2.45) is 0 Å². The van der Waals surface area contributed by atoms with E-state index in [4.69, 9.17) is 5.11 Å². The molecule has 1 unspecified atom stereocenters. The van der Waals surface area contributed by atoms with Crippen LogP contribution in [0.1, 0.15) is 24.1 Å². The maximum Gasteiger partial charge on any atom is 0.340 e. The summed E-state index contributed by atoms with van der Waals surface area (Å²) < 4.78 is 0. The van der Waals surface area contributed by atoms with Crippen molar-refractivity contribution in [2.75, 3.05) is 0 Å². The average molecular weight is 182 g/mol. The number of carboxylic acid groups (broad SMARTS) is 1. The molecule has 0 aromatic carbocycles. The van der Waals surface area contributed by atoms with E-state index in [1.54, 1.807) is 0 Å². The van der Waals surface area contributed by atoms with Crippen molar-refractivity contribution in [3.05, 3.63) is 17.5 Å². The highest BCUT2D eigenvalue weighted by Gasteiger charge is 2.42. The molecule has 0 spiro atoms. The summed E-state index contributed by atoms with van der Waals surface area (Å²) in [6, 6.07) is 0. The molecule has 13 heavy (non-hydrogen) atoms. The van der Waals surface area contributed by atoms with Crippen LogP contribution in [0.15, 0.2) is 6.20 Å². The fourth-order valence-corrected chi connectivity index (χ4v) is 1.74. The van der Waals surface area contributed by atoms with E-state index in [-0.39, 0.29) is 6.42 Å². The van der Waals surface area contributed by atoms with Crippen molar-refractivity contribution < 1.29 is 15.0 Å². The van der Waals surface area contributed by atoms with E-state index in [1.807, 2.05) is 0 Å². The van der Waals surface area contributed by atoms with Crippen molar-refractivity contribution >= 4 is 5.97 Å². The molecule has 1 atom stereocenters. The van der Waals surface area contributed by atoms with Crippen LogP contribution in [0.4, 0.5) is 0 Å². The predicted octanol–water partition coefficient (Wildman–Crippen LogP) is 0.0182. The van der Waals surface area contributed by atoms with Crippen molar-refractivity contribution in [1.29, 1.82) is 0 Å². The monoisotopic (exact) mass is 182 g/mol. The summed E-state index contributed by atoms with van der Waals surface area (Å²) in [6.45, 7) is 0. The number of aryl methyl sites for hydroxylation is 1. The third kappa shape index (κ3) is 1.04. The Morgan fingerprint density at radius 2 is 2.46 bits per heavy atom. The van der Waals surface area contributed by atoms with Gasteiger partial charge in [0.1, 0.15) is 0 Å². The number of nitrogens with one attached hydrogen (secondary N) is 1. The molecule has 0 radical (unpaired) electrons. The van der Waals surface area contributed by atoms with Gasteiger partial charge in [-0.15, -0.1) is 0 Å². The predicted molar refractivity (Wildman–Crippen MR) is 43.1 cm³/mol. The minimum absolute atomic E-state index is 0.259. The zero-order chi connectivity index (χ0) is 9.47. The summed E-state index contributed by atoms with van der Waals surface area (Å²) in [5, 5.41) is 25.1. The van der Waals surface area contributed by atoms with Crippen LogP contribution in [0.25, 0.3) is 0 Å². The smallest absolute Gasteiger partial charge is 0.340 e. The number of aromatic amines is 1. The summed E-state index contributed by atoms with van der Waals surface area (Å²) in [7, 11) is 0. The van der Waals surface area contributed by atoms with Crippen molar-refractivity contribution in [2.45, 2.75) is 24.9 Å². The Balaban J connectivity index is 2.51. The lowest BCUT2D eigenvalue weighted by molar-refractivity contribution is -0.161. The van der Waals surface area contributed by atoms with Crippen LogP contribution in [-0.4, -0.2) is 26.4 Å². The third-order valence-electron chi connectivity index (χ3n) is 2.48. The fourth-order valence-electron chi connectivity index (χ4n) is 1.74. The molecule has 2 rings (SSSR count). The van der Waals surface area contributed by atoms with Crippen LogP contribution in [0.5, 0.6) is 0 Å². The van der Waals surface area contributed by atoms with Crippen LogP contribution in [0, 0.1) is 0 Å². The van der Waals surface area contributed by atoms with Gasteiger partial charge >= 0.3 is 5.97 Å². The van der Waals surface area contributed by atoms with Crippen LogP contribution < -0.4 is 0 Å². The molecular weight excluding hydrogens is 172 g/mol. The second-order valence-corrected chi connectivity index (χ2v) is 3.28. The number of aromatic nitrogens is 2. The van der Waals surface area contributed by atoms with Gasteiger partial charge in [-0.3, -0.25) is 5.10 Å². The molecule has 0 amide bonds. The second kappa shape index (κ2) is 2.56. The summed E-state index contributed by atoms with van der Waals surface area (Å²) in [5.74, 6) is -1.20. The van der Waals surface area contributed by atoms with Crippen LogP contribution in [0.2, 0.25) is 0 Å². The Bertz CT molecular complexity index is 347. The number of aliphatic carboxylic acids is 1. The molecule has 1 aromatic heterocycles. The van der Waals surface area contributed by atoms with E-state index < -0.39 is 11.6 Å². The first kappa shape index (κ1) is 8.25. The molecule has 0 saturated carbocycles. The first-order chi connectivity index (χ1) is 6.14. The zero-order valence-corrected chi connectivity index (χ0v) is 6.95. The van der Waals surface area contributed by atoms with E-state index in [0.29, 0.717) is 12.0 Å². The standard InChI is InChI=1S/C8H10N2O3/c11-7(12)8(13)3-1-2-6-5(8)4-9-10-6/h4,13H,1-3H2,(H,9,10)(H,11,12). The molecule has 1 heterocycles. The minimum Gasteiger partial charge on any atom is -0.479 e. The van der Waals surface area contributed by atoms with Gasteiger partial charge in [-0.1, -0.05) is 0 Å². The fraction of sp³-hybridized carbons (Fsp3) is 0.500. The van der Waals surface area contributed by atoms with E-state index in [2.05, 4.69) is 10.2 Å². The maximum absolute atomic E-state index is 10.8. The largest absolute Gasteiger partial charge is 0.479 e. The lowest BCUT2D eigenvalue weighted by Gasteiger charge is -2.27. The zero-order valence-electron chi connectivity index (χ0n) is 6.95. The molecule has 5 nitrogen and oxygen atoms in total. The first-order valence-corrected chi connectivity index (χ1v) is 4.13. The Kier molecular flexibility index (Phi) is 1.63. The molecule has 70 valence electrons. The van der Waals surface area contributed by atoms with Crippen LogP contribution in [-0.2, 0) is 16.8 Å². The van der Waals surface area contributed by atoms with Gasteiger partial charge in [0, 0.05) is 11.3 Å². The molecule has 1 aliphatic rings. The SMILES string of the molecule is O=C(O)C1(O)CCCc2[nH]ncc21. The van der Waals surface area contributed by atoms with Crippen molar-refractivity contribution in [1.82, 2.24) is 10.2 Å². The summed E-state index contributed by atoms with van der Waals surface area (Å²) in [6.07, 6.45) is 3.07. The number of H-pyrrole nitrogens is 1. The molecule has 1 aliphatic carbocycles. The van der Waals surface area contributed by atoms with E-state index in [0.717, 1.165) is 12.1 Å². The first-order valence-electron chi connectivity index (χ1n) is 4.13. The number of carboxylic acids is 1. The Hall–Kier alpha value is -1.36. The van der Waals surface area contributed by atoms with E-state index in [1.165, 1.54) is 6.20 Å². The van der Waals surface area contributed by atoms with Gasteiger partial charge in [0.2, 0.25) is 0 Å². The van der Waals surface area contributed by atoms with Gasteiger partial charge in [0.25, 0.3) is 0 Å². The normalized spacial score (nSPS) is 26.8. The molecular formula is C8H10N2O3. The third-order valence-corrected chi connectivity index (χ3v) is 2.48. The number of hydrogen-bond donors (Lipinski definition) is 3. The van der Waals surface area contributed by atoms with Gasteiger partial charge < -0.3 is 10.2 Å². The number of aliphatic hydroxyl groups is 1. The highest BCUT2D eigenvalue weighted by Crippen LogP contribution is 2.34. The molecule has 0 bridgehead atoms. The summed E-state index contributed by atoms with van der Waals surface area (Å²) >= 11 is 0. The quantitative estimate of drug-likeness (QED) is 0.571. The molecule has 1 aromatic rings. The number of carbonyl (C=O) groups is 1. The van der Waals surface area contributed by atoms with Gasteiger partial charge in [0.15, 0.2) is 5.60 Å². The number of nitrogens with zero attached hydrogens (tertiary/aromatic N) is 1. The number of hydrogen-bond acceptors (Lipinski definition) is 3. The Morgan fingerprint density at radius 1 is 1.69 bits per heavy atom. The number of rotatable bonds is 1. The van der Waals surface area contributed by atoms with Crippen molar-refractivity contribution in [3.63, 3.8) is 0 Å². The lowest BCUT2D eigenvalue weighted by Crippen LogP contribution is -2.38. The summed E-state index contributed by atoms with van der Waals surface area (Å²) in [4.78, 5) is 10.8. The maximum atomic E-state index is 10.8. The van der Waals surface area contributed by atoms with E-state index >= 15 is 0 Å². The lowest BCUT2D eigenvalue weighted by atomic mass is 9.83. The molecule has 3 N–H and O–H groups in total.